The fourth-order valence-electron chi connectivity index (χ4n) is 1.59. The van der Waals surface area contributed by atoms with Gasteiger partial charge in [0.25, 0.3) is 0 Å². The maximum absolute atomic E-state index is 11.6. The van der Waals surface area contributed by atoms with E-state index in [0.717, 1.165) is 4.42 Å². The normalized spacial score (nSPS) is 11.8. The highest BCUT2D eigenvalue weighted by molar-refractivity contribution is 14.1. The molecule has 1 unspecified atom stereocenters. The molecule has 6 nitrogen and oxygen atoms in total. The number of ether oxygens (including phenoxy) is 1. The topological polar surface area (TPSA) is 83.9 Å². The Kier molecular flexibility index (Phi) is 8.08. The quantitative estimate of drug-likeness (QED) is 0.217. The lowest BCUT2D eigenvalue weighted by Gasteiger charge is -2.23. The average Bonchev–Trinajstić information content (AvgIpc) is 2.36. The molecule has 0 aliphatic rings. The summed E-state index contributed by atoms with van der Waals surface area (Å²) in [6, 6.07) is 0. The number of benzene rings is 1. The number of carbonyl (C=O) groups is 3. The maximum atomic E-state index is 11.6. The molecule has 1 aromatic rings. The van der Waals surface area contributed by atoms with Crippen LogP contribution in [0, 0.1) is 10.7 Å². The zero-order valence-corrected chi connectivity index (χ0v) is 19.5. The van der Waals surface area contributed by atoms with Crippen LogP contribution in [0.25, 0.3) is 0 Å². The Bertz CT molecular complexity index is 698. The number of esters is 1. The van der Waals surface area contributed by atoms with E-state index in [9.17, 15) is 19.5 Å². The molecule has 1 rings (SSSR count). The number of hydrogen-bond acceptors (Lipinski definition) is 4. The smallest absolute Gasteiger partial charge is 0.337 e. The van der Waals surface area contributed by atoms with Gasteiger partial charge in [-0.1, -0.05) is 11.6 Å². The zero-order valence-electron chi connectivity index (χ0n) is 11.5. The van der Waals surface area contributed by atoms with Gasteiger partial charge in [0.1, 0.15) is 0 Å². The van der Waals surface area contributed by atoms with Crippen LogP contribution in [0.2, 0.25) is 0 Å². The second-order valence-electron chi connectivity index (χ2n) is 4.11. The number of anilines is 1. The summed E-state index contributed by atoms with van der Waals surface area (Å²) in [6.45, 7) is 2.42. The van der Waals surface area contributed by atoms with Crippen LogP contribution >= 0.6 is 91.2 Å². The Morgan fingerprint density at radius 3 is 2.04 bits per heavy atom. The predicted octanol–water partition coefficient (Wildman–Crippen LogP) is 4.51. The van der Waals surface area contributed by atoms with Crippen molar-refractivity contribution < 1.29 is 24.2 Å². The summed E-state index contributed by atoms with van der Waals surface area (Å²) in [4.78, 5) is 34.3. The highest BCUT2D eigenvalue weighted by Gasteiger charge is 2.31. The number of carboxylic acid groups (broad SMARTS) is 1. The van der Waals surface area contributed by atoms with E-state index in [4.69, 9.17) is 28.1 Å². The Balaban J connectivity index is 3.79. The number of amides is 1. The van der Waals surface area contributed by atoms with Crippen molar-refractivity contribution in [2.45, 2.75) is 19.4 Å². The molecule has 0 spiro atoms. The molecule has 1 N–H and O–H groups in total. The van der Waals surface area contributed by atoms with Crippen LogP contribution in [0.5, 0.6) is 0 Å². The van der Waals surface area contributed by atoms with Crippen molar-refractivity contribution in [1.29, 1.82) is 0 Å². The van der Waals surface area contributed by atoms with E-state index < -0.39 is 23.4 Å². The molecular weight excluding hydrogens is 690 g/mol. The minimum absolute atomic E-state index is 0.0682. The standard InChI is InChI=1S/C12H8Cl2I3NO5/c1-3(19)18(14)10-8(16)5(11(13)23-4(2)20)7(15)6(9(10)17)12(21)22/h11H,1-2H3,(H,21,22). The number of carbonyl (C=O) groups excluding carboxylic acids is 2. The minimum atomic E-state index is -1.21. The summed E-state index contributed by atoms with van der Waals surface area (Å²) in [6.07, 6.45) is 0. The Hall–Kier alpha value is 0.400. The van der Waals surface area contributed by atoms with Gasteiger partial charge in [0.05, 0.1) is 14.8 Å². The van der Waals surface area contributed by atoms with Gasteiger partial charge in [0.2, 0.25) is 11.5 Å². The molecule has 11 heteroatoms. The fourth-order valence-corrected chi connectivity index (χ4v) is 7.43. The number of aromatic carboxylic acids is 1. The van der Waals surface area contributed by atoms with Crippen molar-refractivity contribution in [3.05, 3.63) is 21.8 Å². The fraction of sp³-hybridized carbons (Fsp3) is 0.250. The first-order chi connectivity index (χ1) is 10.5. The van der Waals surface area contributed by atoms with Gasteiger partial charge in [0.15, 0.2) is 0 Å². The molecule has 0 radical (unpaired) electrons. The van der Waals surface area contributed by atoms with Gasteiger partial charge in [-0.3, -0.25) is 9.59 Å². The van der Waals surface area contributed by atoms with Gasteiger partial charge < -0.3 is 9.84 Å². The Morgan fingerprint density at radius 1 is 1.13 bits per heavy atom. The number of rotatable bonds is 4. The van der Waals surface area contributed by atoms with E-state index in [1.54, 1.807) is 22.6 Å². The van der Waals surface area contributed by atoms with Crippen LogP contribution < -0.4 is 4.42 Å². The van der Waals surface area contributed by atoms with Gasteiger partial charge in [0, 0.05) is 38.3 Å². The molecule has 23 heavy (non-hydrogen) atoms. The third-order valence-corrected chi connectivity index (χ3v) is 6.49. The molecular formula is C12H8Cl2I3NO5. The van der Waals surface area contributed by atoms with Gasteiger partial charge in [-0.15, -0.1) is 0 Å². The Labute approximate surface area is 182 Å². The SMILES string of the molecule is CC(=O)OC(Cl)c1c(I)c(C(=O)O)c(I)c(N(Cl)C(C)=O)c1I. The van der Waals surface area contributed by atoms with Gasteiger partial charge in [-0.05, 0) is 67.8 Å². The highest BCUT2D eigenvalue weighted by Crippen LogP contribution is 2.42. The van der Waals surface area contributed by atoms with Crippen LogP contribution in [0.4, 0.5) is 5.69 Å². The summed E-state index contributed by atoms with van der Waals surface area (Å²) in [7, 11) is 0. The number of alkyl halides is 1. The molecule has 1 amide bonds. The predicted molar refractivity (Wildman–Crippen MR) is 111 cm³/mol. The van der Waals surface area contributed by atoms with Crippen molar-refractivity contribution in [2.24, 2.45) is 0 Å². The molecule has 0 aromatic heterocycles. The first-order valence-electron chi connectivity index (χ1n) is 5.72. The van der Waals surface area contributed by atoms with Crippen molar-refractivity contribution in [3.8, 4) is 0 Å². The summed E-state index contributed by atoms with van der Waals surface area (Å²) >= 11 is 17.6. The lowest BCUT2D eigenvalue weighted by Crippen LogP contribution is -2.23. The monoisotopic (exact) mass is 697 g/mol. The Morgan fingerprint density at radius 2 is 1.65 bits per heavy atom. The third kappa shape index (κ3) is 4.73. The second kappa shape index (κ2) is 8.67. The summed E-state index contributed by atoms with van der Waals surface area (Å²) in [5.74, 6) is -2.33. The first-order valence-corrected chi connectivity index (χ1v) is 9.73. The van der Waals surface area contributed by atoms with Gasteiger partial charge >= 0.3 is 11.9 Å². The highest BCUT2D eigenvalue weighted by atomic mass is 127. The molecule has 0 saturated carbocycles. The molecule has 0 heterocycles. The molecule has 0 aliphatic carbocycles. The molecule has 0 aliphatic heterocycles. The zero-order chi connectivity index (χ0) is 18.1. The molecule has 0 bridgehead atoms. The van der Waals surface area contributed by atoms with E-state index in [2.05, 4.69) is 0 Å². The number of halogens is 5. The lowest BCUT2D eigenvalue weighted by molar-refractivity contribution is -0.143. The first kappa shape index (κ1) is 21.4. The number of nitrogens with zero attached hydrogens (tertiary/aromatic N) is 1. The summed E-state index contributed by atoms with van der Waals surface area (Å²) < 4.78 is 6.77. The largest absolute Gasteiger partial charge is 0.478 e. The van der Waals surface area contributed by atoms with Crippen molar-refractivity contribution in [3.63, 3.8) is 0 Å². The molecule has 1 atom stereocenters. The van der Waals surface area contributed by atoms with Crippen molar-refractivity contribution in [2.75, 3.05) is 4.42 Å². The molecule has 126 valence electrons. The minimum Gasteiger partial charge on any atom is -0.478 e. The van der Waals surface area contributed by atoms with Crippen molar-refractivity contribution in [1.82, 2.24) is 0 Å². The van der Waals surface area contributed by atoms with Crippen LogP contribution in [-0.4, -0.2) is 23.0 Å². The van der Waals surface area contributed by atoms with E-state index >= 15 is 0 Å². The maximum Gasteiger partial charge on any atom is 0.337 e. The molecule has 0 fully saturated rings. The van der Waals surface area contributed by atoms with Crippen LogP contribution in [-0.2, 0) is 14.3 Å². The molecule has 0 saturated heterocycles. The molecule has 1 aromatic carbocycles. The number of carboxylic acids is 1. The second-order valence-corrected chi connectivity index (χ2v) is 8.08. The number of hydrogen-bond donors (Lipinski definition) is 1. The summed E-state index contributed by atoms with van der Waals surface area (Å²) in [5, 5.41) is 9.46. The van der Waals surface area contributed by atoms with E-state index in [1.807, 2.05) is 45.2 Å². The van der Waals surface area contributed by atoms with Crippen molar-refractivity contribution >= 4 is 115 Å². The van der Waals surface area contributed by atoms with Crippen LogP contribution in [0.1, 0.15) is 35.3 Å². The lowest BCUT2D eigenvalue weighted by atomic mass is 10.1. The van der Waals surface area contributed by atoms with Crippen LogP contribution in [0.3, 0.4) is 0 Å². The average molecular weight is 698 g/mol. The van der Waals surface area contributed by atoms with Gasteiger partial charge in [-0.2, -0.15) is 0 Å². The van der Waals surface area contributed by atoms with E-state index in [1.165, 1.54) is 13.8 Å². The van der Waals surface area contributed by atoms with E-state index in [0.29, 0.717) is 7.14 Å². The van der Waals surface area contributed by atoms with Gasteiger partial charge in [-0.25, -0.2) is 9.21 Å². The van der Waals surface area contributed by atoms with Crippen LogP contribution in [0.15, 0.2) is 0 Å². The summed E-state index contributed by atoms with van der Waals surface area (Å²) in [5.41, 5.74) is -0.827. The van der Waals surface area contributed by atoms with E-state index in [-0.39, 0.29) is 20.4 Å². The third-order valence-electron chi connectivity index (χ3n) is 2.51.